The molecule has 2 aromatic heterocycles. The van der Waals surface area contributed by atoms with Gasteiger partial charge in [0.2, 0.25) is 0 Å². The van der Waals surface area contributed by atoms with E-state index >= 15 is 0 Å². The molecule has 0 radical (unpaired) electrons. The lowest BCUT2D eigenvalue weighted by atomic mass is 10.1. The summed E-state index contributed by atoms with van der Waals surface area (Å²) in [5.74, 6) is 0. The molecule has 0 saturated heterocycles. The largest absolute Gasteiger partial charge is 0.205 e. The Morgan fingerprint density at radius 2 is 0.700 bits per heavy atom. The van der Waals surface area contributed by atoms with Crippen LogP contribution in [0.5, 0.6) is 0 Å². The Hall–Kier alpha value is -3.08. The van der Waals surface area contributed by atoms with E-state index in [-0.39, 0.29) is 0 Å². The number of azide groups is 2. The summed E-state index contributed by atoms with van der Waals surface area (Å²) in [5, 5.41) is 7.17. The highest BCUT2D eigenvalue weighted by Crippen LogP contribution is 2.16. The Morgan fingerprint density at radius 1 is 0.425 bits per heavy atom. The van der Waals surface area contributed by atoms with Crippen molar-refractivity contribution in [3.8, 4) is 11.1 Å². The molecule has 2 aromatic rings. The SMILES string of the molecule is [N-]=[N+]=NCCCCCCCCCCC[n+]1ccc(-c2cc[n+](CCCCCCCCCCCN=[N+]=[N-])cc2)cc1. The van der Waals surface area contributed by atoms with E-state index < -0.39 is 0 Å². The maximum Gasteiger partial charge on any atom is 0.169 e. The predicted molar refractivity (Wildman–Crippen MR) is 163 cm³/mol. The van der Waals surface area contributed by atoms with E-state index in [1.165, 1.54) is 114 Å². The molecule has 218 valence electrons. The van der Waals surface area contributed by atoms with Crippen molar-refractivity contribution >= 4 is 0 Å². The number of nitrogens with zero attached hydrogens (tertiary/aromatic N) is 8. The zero-order valence-electron chi connectivity index (χ0n) is 24.8. The van der Waals surface area contributed by atoms with Gasteiger partial charge in [-0.1, -0.05) is 87.3 Å². The molecule has 2 heterocycles. The van der Waals surface area contributed by atoms with Crippen LogP contribution < -0.4 is 9.13 Å². The Kier molecular flexibility index (Phi) is 19.7. The van der Waals surface area contributed by atoms with Crippen molar-refractivity contribution < 1.29 is 9.13 Å². The molecular formula is C32H52N8+2. The molecule has 0 aliphatic heterocycles. The van der Waals surface area contributed by atoms with Crippen molar-refractivity contribution in [1.82, 2.24) is 0 Å². The Balaban J connectivity index is 1.49. The first-order valence-electron chi connectivity index (χ1n) is 15.8. The van der Waals surface area contributed by atoms with Gasteiger partial charge in [-0.25, -0.2) is 9.13 Å². The molecule has 2 rings (SSSR count). The van der Waals surface area contributed by atoms with Crippen LogP contribution in [0.1, 0.15) is 116 Å². The number of pyridine rings is 2. The fourth-order valence-electron chi connectivity index (χ4n) is 5.12. The number of aryl methyl sites for hydroxylation is 2. The third kappa shape index (κ3) is 16.8. The van der Waals surface area contributed by atoms with Gasteiger partial charge in [-0.3, -0.25) is 0 Å². The molecule has 0 unspecified atom stereocenters. The first kappa shape index (κ1) is 33.1. The number of hydrogen-bond donors (Lipinski definition) is 0. The second-order valence-corrected chi connectivity index (χ2v) is 10.9. The lowest BCUT2D eigenvalue weighted by Gasteiger charge is -2.03. The molecule has 0 N–H and O–H groups in total. The number of unbranched alkanes of at least 4 members (excludes halogenated alkanes) is 16. The van der Waals surface area contributed by atoms with E-state index in [0.29, 0.717) is 13.1 Å². The molecule has 8 heteroatoms. The van der Waals surface area contributed by atoms with Crippen molar-refractivity contribution in [2.24, 2.45) is 10.2 Å². The Labute approximate surface area is 242 Å². The molecule has 0 amide bonds. The first-order chi connectivity index (χ1) is 19.8. The van der Waals surface area contributed by atoms with Crippen LogP contribution in [0.4, 0.5) is 0 Å². The minimum atomic E-state index is 0.646. The van der Waals surface area contributed by atoms with Gasteiger partial charge in [0.25, 0.3) is 0 Å². The molecule has 0 atom stereocenters. The van der Waals surface area contributed by atoms with Gasteiger partial charge in [0.05, 0.1) is 0 Å². The second kappa shape index (κ2) is 23.8. The summed E-state index contributed by atoms with van der Waals surface area (Å²) < 4.78 is 4.62. The summed E-state index contributed by atoms with van der Waals surface area (Å²) in [6, 6.07) is 8.95. The van der Waals surface area contributed by atoms with Gasteiger partial charge in [0.1, 0.15) is 13.1 Å². The third-order valence-corrected chi connectivity index (χ3v) is 7.59. The number of rotatable bonds is 25. The Bertz CT molecular complexity index is 895. The van der Waals surface area contributed by atoms with Crippen molar-refractivity contribution in [3.63, 3.8) is 0 Å². The highest BCUT2D eigenvalue weighted by Gasteiger charge is 2.06. The van der Waals surface area contributed by atoms with Gasteiger partial charge in [0, 0.05) is 60.0 Å². The lowest BCUT2D eigenvalue weighted by molar-refractivity contribution is -0.697. The average molecular weight is 549 g/mol. The third-order valence-electron chi connectivity index (χ3n) is 7.59. The average Bonchev–Trinajstić information content (AvgIpc) is 2.99. The quantitative estimate of drug-likeness (QED) is 0.0387. The van der Waals surface area contributed by atoms with Crippen LogP contribution in [0.25, 0.3) is 32.0 Å². The van der Waals surface area contributed by atoms with Crippen LogP contribution in [-0.2, 0) is 13.1 Å². The summed E-state index contributed by atoms with van der Waals surface area (Å²) in [6.07, 6.45) is 31.4. The Morgan fingerprint density at radius 3 is 1.00 bits per heavy atom. The molecule has 40 heavy (non-hydrogen) atoms. The molecule has 0 spiro atoms. The fourth-order valence-corrected chi connectivity index (χ4v) is 5.12. The smallest absolute Gasteiger partial charge is 0.169 e. The zero-order valence-corrected chi connectivity index (χ0v) is 24.8. The van der Waals surface area contributed by atoms with Gasteiger partial charge in [0.15, 0.2) is 24.8 Å². The van der Waals surface area contributed by atoms with Crippen molar-refractivity contribution in [3.05, 3.63) is 69.9 Å². The topological polar surface area (TPSA) is 105 Å². The molecule has 0 aliphatic rings. The highest BCUT2D eigenvalue weighted by atomic mass is 15.1. The van der Waals surface area contributed by atoms with E-state index in [0.717, 1.165) is 25.9 Å². The van der Waals surface area contributed by atoms with E-state index in [1.54, 1.807) is 0 Å². The van der Waals surface area contributed by atoms with Gasteiger partial charge in [-0.05, 0) is 47.9 Å². The van der Waals surface area contributed by atoms with E-state index in [4.69, 9.17) is 11.1 Å². The fraction of sp³-hybridized carbons (Fsp3) is 0.688. The number of hydrogen-bond acceptors (Lipinski definition) is 2. The van der Waals surface area contributed by atoms with Crippen LogP contribution in [0, 0.1) is 0 Å². The molecule has 8 nitrogen and oxygen atoms in total. The summed E-state index contributed by atoms with van der Waals surface area (Å²) in [4.78, 5) is 5.59. The molecular weight excluding hydrogens is 496 g/mol. The maximum absolute atomic E-state index is 8.27. The summed E-state index contributed by atoms with van der Waals surface area (Å²) in [6.45, 7) is 3.47. The summed E-state index contributed by atoms with van der Waals surface area (Å²) in [7, 11) is 0. The van der Waals surface area contributed by atoms with E-state index in [1.807, 2.05) is 0 Å². The predicted octanol–water partition coefficient (Wildman–Crippen LogP) is 9.57. The van der Waals surface area contributed by atoms with Crippen LogP contribution in [0.3, 0.4) is 0 Å². The van der Waals surface area contributed by atoms with Gasteiger partial charge < -0.3 is 0 Å². The van der Waals surface area contributed by atoms with Crippen LogP contribution in [-0.4, -0.2) is 13.1 Å². The van der Waals surface area contributed by atoms with Crippen molar-refractivity contribution in [2.75, 3.05) is 13.1 Å². The summed E-state index contributed by atoms with van der Waals surface area (Å²) >= 11 is 0. The molecule has 0 fully saturated rings. The van der Waals surface area contributed by atoms with Crippen molar-refractivity contribution in [1.29, 1.82) is 0 Å². The molecule has 0 bridgehead atoms. The van der Waals surface area contributed by atoms with Crippen molar-refractivity contribution in [2.45, 2.75) is 129 Å². The minimum Gasteiger partial charge on any atom is -0.205 e. The van der Waals surface area contributed by atoms with Crippen LogP contribution in [0.2, 0.25) is 0 Å². The van der Waals surface area contributed by atoms with Gasteiger partial charge in [-0.2, -0.15) is 0 Å². The minimum absolute atomic E-state index is 0.646. The highest BCUT2D eigenvalue weighted by molar-refractivity contribution is 5.60. The number of aromatic nitrogens is 2. The summed E-state index contributed by atoms with van der Waals surface area (Å²) in [5.41, 5.74) is 19.1. The molecule has 0 aliphatic carbocycles. The first-order valence-corrected chi connectivity index (χ1v) is 15.8. The second-order valence-electron chi connectivity index (χ2n) is 10.9. The van der Waals surface area contributed by atoms with E-state index in [9.17, 15) is 0 Å². The van der Waals surface area contributed by atoms with Crippen LogP contribution >= 0.6 is 0 Å². The van der Waals surface area contributed by atoms with Gasteiger partial charge >= 0.3 is 0 Å². The maximum atomic E-state index is 8.27. The zero-order chi connectivity index (χ0) is 28.4. The monoisotopic (exact) mass is 548 g/mol. The lowest BCUT2D eigenvalue weighted by Crippen LogP contribution is -2.33. The van der Waals surface area contributed by atoms with Crippen LogP contribution in [0.15, 0.2) is 59.3 Å². The molecule has 0 aromatic carbocycles. The molecule has 0 saturated carbocycles. The normalized spacial score (nSPS) is 10.7. The standard InChI is InChI=1S/C32H52N8/c33-37-35-23-15-11-7-3-1-5-9-13-17-25-39-27-19-31(20-28-39)32-21-29-40(30-22-32)26-18-14-10-6-2-4-8-12-16-24-36-38-34/h19-22,27-30H,1-18,23-26H2/q+2. The van der Waals surface area contributed by atoms with Gasteiger partial charge in [-0.15, -0.1) is 0 Å². The van der Waals surface area contributed by atoms with E-state index in [2.05, 4.69) is 78.2 Å².